The van der Waals surface area contributed by atoms with E-state index in [-0.39, 0.29) is 10.6 Å². The van der Waals surface area contributed by atoms with Crippen molar-refractivity contribution in [1.82, 2.24) is 0 Å². The maximum atomic E-state index is 14.3. The van der Waals surface area contributed by atoms with Gasteiger partial charge in [0.2, 0.25) is 6.08 Å². The molecular formula is C13H11ClFNO3. The number of halogens is 2. The Morgan fingerprint density at radius 2 is 2.11 bits per heavy atom. The molecule has 1 aliphatic carbocycles. The van der Waals surface area contributed by atoms with Gasteiger partial charge in [-0.3, -0.25) is 0 Å². The van der Waals surface area contributed by atoms with Crippen LogP contribution in [0.4, 0.5) is 4.39 Å². The van der Waals surface area contributed by atoms with Crippen LogP contribution >= 0.6 is 11.6 Å². The molecule has 3 rings (SSSR count). The van der Waals surface area contributed by atoms with Gasteiger partial charge < -0.3 is 9.47 Å². The molecule has 0 atom stereocenters. The van der Waals surface area contributed by atoms with Crippen molar-refractivity contribution in [2.24, 2.45) is 4.99 Å². The van der Waals surface area contributed by atoms with E-state index in [4.69, 9.17) is 21.1 Å². The fourth-order valence-electron chi connectivity index (χ4n) is 2.29. The summed E-state index contributed by atoms with van der Waals surface area (Å²) in [6.07, 6.45) is 3.37. The predicted octanol–water partition coefficient (Wildman–Crippen LogP) is 2.97. The molecule has 1 fully saturated rings. The first kappa shape index (κ1) is 12.5. The first-order valence-corrected chi connectivity index (χ1v) is 6.43. The maximum absolute atomic E-state index is 14.3. The van der Waals surface area contributed by atoms with Crippen LogP contribution in [0.3, 0.4) is 0 Å². The van der Waals surface area contributed by atoms with Crippen molar-refractivity contribution in [2.45, 2.75) is 24.8 Å². The van der Waals surface area contributed by atoms with Crippen molar-refractivity contribution < 1.29 is 18.7 Å². The molecule has 0 N–H and O–H groups in total. The van der Waals surface area contributed by atoms with E-state index in [0.29, 0.717) is 44.0 Å². The highest BCUT2D eigenvalue weighted by molar-refractivity contribution is 6.31. The molecule has 0 bridgehead atoms. The predicted molar refractivity (Wildman–Crippen MR) is 66.1 cm³/mol. The molecule has 4 nitrogen and oxygen atoms in total. The Morgan fingerprint density at radius 1 is 1.37 bits per heavy atom. The number of ether oxygens (including phenoxy) is 2. The number of isocyanates is 1. The highest BCUT2D eigenvalue weighted by atomic mass is 35.5. The molecule has 0 saturated heterocycles. The van der Waals surface area contributed by atoms with E-state index in [1.807, 2.05) is 0 Å². The molecule has 1 aromatic rings. The Morgan fingerprint density at radius 3 is 2.79 bits per heavy atom. The van der Waals surface area contributed by atoms with Gasteiger partial charge in [0, 0.05) is 12.5 Å². The number of aliphatic imine (C=N–C) groups is 1. The van der Waals surface area contributed by atoms with E-state index in [2.05, 4.69) is 4.99 Å². The Hall–Kier alpha value is -1.58. The number of nitrogens with zero attached hydrogens (tertiary/aromatic N) is 1. The maximum Gasteiger partial charge on any atom is 0.235 e. The normalized spacial score (nSPS) is 19.3. The van der Waals surface area contributed by atoms with Crippen LogP contribution in [0.1, 0.15) is 24.8 Å². The van der Waals surface area contributed by atoms with Gasteiger partial charge in [-0.15, -0.1) is 0 Å². The molecule has 100 valence electrons. The van der Waals surface area contributed by atoms with Crippen LogP contribution in [0.2, 0.25) is 5.02 Å². The summed E-state index contributed by atoms with van der Waals surface area (Å²) >= 11 is 5.89. The average Bonchev–Trinajstić information content (AvgIpc) is 3.16. The zero-order valence-corrected chi connectivity index (χ0v) is 10.8. The molecule has 1 saturated carbocycles. The summed E-state index contributed by atoms with van der Waals surface area (Å²) in [6, 6.07) is 1.40. The molecule has 0 unspecified atom stereocenters. The summed E-state index contributed by atoms with van der Waals surface area (Å²) < 4.78 is 25.4. The summed E-state index contributed by atoms with van der Waals surface area (Å²) in [4.78, 5) is 14.3. The van der Waals surface area contributed by atoms with Crippen LogP contribution in [0.15, 0.2) is 11.1 Å². The number of fused-ring (bicyclic) bond motifs is 1. The first-order valence-electron chi connectivity index (χ1n) is 6.05. The van der Waals surface area contributed by atoms with Crippen LogP contribution in [-0.2, 0) is 10.3 Å². The number of hydrogen-bond acceptors (Lipinski definition) is 4. The van der Waals surface area contributed by atoms with E-state index in [1.54, 1.807) is 0 Å². The van der Waals surface area contributed by atoms with E-state index < -0.39 is 11.4 Å². The Labute approximate surface area is 114 Å². The second-order valence-corrected chi connectivity index (χ2v) is 5.07. The Bertz CT molecular complexity index is 580. The summed E-state index contributed by atoms with van der Waals surface area (Å²) in [6.45, 7) is 0.917. The van der Waals surface area contributed by atoms with Crippen molar-refractivity contribution in [3.8, 4) is 11.5 Å². The highest BCUT2D eigenvalue weighted by Crippen LogP contribution is 2.56. The fourth-order valence-corrected chi connectivity index (χ4v) is 2.48. The monoisotopic (exact) mass is 283 g/mol. The van der Waals surface area contributed by atoms with Crippen molar-refractivity contribution in [3.63, 3.8) is 0 Å². The molecule has 0 radical (unpaired) electrons. The third-order valence-electron chi connectivity index (χ3n) is 3.38. The van der Waals surface area contributed by atoms with Crippen LogP contribution < -0.4 is 9.47 Å². The molecule has 0 spiro atoms. The van der Waals surface area contributed by atoms with E-state index in [0.717, 1.165) is 0 Å². The molecule has 2 aliphatic rings. The zero-order chi connectivity index (χ0) is 13.5. The van der Waals surface area contributed by atoms with Crippen LogP contribution in [-0.4, -0.2) is 19.3 Å². The molecule has 1 aliphatic heterocycles. The van der Waals surface area contributed by atoms with Crippen molar-refractivity contribution in [3.05, 3.63) is 22.5 Å². The number of benzene rings is 1. The molecule has 1 heterocycles. The van der Waals surface area contributed by atoms with Gasteiger partial charge in [-0.25, -0.2) is 9.18 Å². The lowest BCUT2D eigenvalue weighted by molar-refractivity contribution is 0.295. The van der Waals surface area contributed by atoms with Gasteiger partial charge in [0.1, 0.15) is 5.54 Å². The van der Waals surface area contributed by atoms with Crippen molar-refractivity contribution in [1.29, 1.82) is 0 Å². The fraction of sp³-hybridized carbons (Fsp3) is 0.462. The topological polar surface area (TPSA) is 47.9 Å². The minimum atomic E-state index is -0.880. The first-order chi connectivity index (χ1) is 9.18. The number of hydrogen-bond donors (Lipinski definition) is 0. The van der Waals surface area contributed by atoms with Gasteiger partial charge in [-0.2, -0.15) is 4.99 Å². The van der Waals surface area contributed by atoms with Gasteiger partial charge in [-0.1, -0.05) is 11.6 Å². The van der Waals surface area contributed by atoms with E-state index in [9.17, 15) is 9.18 Å². The van der Waals surface area contributed by atoms with Gasteiger partial charge >= 0.3 is 0 Å². The lowest BCUT2D eigenvalue weighted by atomic mass is 10.0. The van der Waals surface area contributed by atoms with Crippen molar-refractivity contribution >= 4 is 17.7 Å². The minimum absolute atomic E-state index is 0.0494. The molecular weight excluding hydrogens is 273 g/mol. The van der Waals surface area contributed by atoms with Gasteiger partial charge in [0.15, 0.2) is 17.3 Å². The molecule has 19 heavy (non-hydrogen) atoms. The lowest BCUT2D eigenvalue weighted by Gasteiger charge is -2.18. The van der Waals surface area contributed by atoms with E-state index in [1.165, 1.54) is 12.1 Å². The summed E-state index contributed by atoms with van der Waals surface area (Å²) in [7, 11) is 0. The zero-order valence-electron chi connectivity index (χ0n) is 10.0. The summed E-state index contributed by atoms with van der Waals surface area (Å²) in [5.41, 5.74) is -0.658. The second-order valence-electron chi connectivity index (χ2n) is 4.66. The lowest BCUT2D eigenvalue weighted by Crippen LogP contribution is -2.10. The second kappa shape index (κ2) is 4.51. The largest absolute Gasteiger partial charge is 0.489 e. The third-order valence-corrected chi connectivity index (χ3v) is 3.65. The molecule has 1 aromatic carbocycles. The Kier molecular flexibility index (Phi) is 2.96. The summed E-state index contributed by atoms with van der Waals surface area (Å²) in [5, 5.41) is -0.0494. The third kappa shape index (κ3) is 1.99. The standard InChI is InChI=1S/C13H11ClFNO3/c14-8-6-9-12(19-5-1-4-18-9)10(11(8)15)13(2-3-13)16-7-17/h6H,1-5H2. The van der Waals surface area contributed by atoms with Gasteiger partial charge in [0.05, 0.1) is 23.8 Å². The van der Waals surface area contributed by atoms with E-state index >= 15 is 0 Å². The van der Waals surface area contributed by atoms with Crippen molar-refractivity contribution in [2.75, 3.05) is 13.2 Å². The molecule has 6 heteroatoms. The number of rotatable bonds is 2. The molecule has 0 aromatic heterocycles. The van der Waals surface area contributed by atoms with Gasteiger partial charge in [-0.05, 0) is 12.8 Å². The Balaban J connectivity index is 2.22. The van der Waals surface area contributed by atoms with Crippen LogP contribution in [0, 0.1) is 5.82 Å². The van der Waals surface area contributed by atoms with Gasteiger partial charge in [0.25, 0.3) is 0 Å². The highest BCUT2D eigenvalue weighted by Gasteiger charge is 2.50. The molecule has 0 amide bonds. The average molecular weight is 284 g/mol. The SMILES string of the molecule is O=C=NC1(c2c(F)c(Cl)cc3c2OCCCO3)CC1. The summed E-state index contributed by atoms with van der Waals surface area (Å²) in [5.74, 6) is 0.129. The smallest absolute Gasteiger partial charge is 0.235 e. The minimum Gasteiger partial charge on any atom is -0.489 e. The van der Waals surface area contributed by atoms with Crippen LogP contribution in [0.25, 0.3) is 0 Å². The quantitative estimate of drug-likeness (QED) is 0.619. The number of carbonyl (C=O) groups excluding carboxylic acids is 1. The van der Waals surface area contributed by atoms with Crippen LogP contribution in [0.5, 0.6) is 11.5 Å².